The van der Waals surface area contributed by atoms with Gasteiger partial charge in [0.1, 0.15) is 5.02 Å². The van der Waals surface area contributed by atoms with Crippen molar-refractivity contribution in [3.8, 4) is 0 Å². The minimum Gasteiger partial charge on any atom is -0.399 e. The summed E-state index contributed by atoms with van der Waals surface area (Å²) < 4.78 is 0. The molecule has 44 heavy (non-hydrogen) atoms. The Morgan fingerprint density at radius 1 is 1.11 bits per heavy atom. The number of imide groups is 1. The number of likely N-dealkylation sites (N-methyl/N-ethyl adjacent to an activating group) is 1. The Bertz CT molecular complexity index is 1610. The lowest BCUT2D eigenvalue weighted by Crippen LogP contribution is -2.44. The maximum Gasteiger partial charge on any atom is 0.235 e. The molecule has 3 aliphatic heterocycles. The van der Waals surface area contributed by atoms with Crippen LogP contribution in [0.25, 0.3) is 0 Å². The highest BCUT2D eigenvalue weighted by Gasteiger charge is 2.31. The molecule has 0 spiro atoms. The fourth-order valence-electron chi connectivity index (χ4n) is 5.54. The number of halogens is 1. The number of carbonyl (C=O) groups is 3. The second kappa shape index (κ2) is 13.3. The maximum atomic E-state index is 11.8. The van der Waals surface area contributed by atoms with Gasteiger partial charge in [-0.3, -0.25) is 19.7 Å². The van der Waals surface area contributed by atoms with Crippen LogP contribution in [0.4, 0.5) is 34.5 Å². The summed E-state index contributed by atoms with van der Waals surface area (Å²) in [6, 6.07) is 11.0. The average molecular weight is 618 g/mol. The first-order chi connectivity index (χ1) is 21.1. The van der Waals surface area contributed by atoms with Gasteiger partial charge in [-0.05, 0) is 67.6 Å². The summed E-state index contributed by atoms with van der Waals surface area (Å²) in [7, 11) is 3.53. The second-order valence-electron chi connectivity index (χ2n) is 11.0. The Morgan fingerprint density at radius 2 is 1.89 bits per heavy atom. The minimum absolute atomic E-state index is 0.111. The second-order valence-corrected chi connectivity index (χ2v) is 11.4. The number of aromatic nitrogens is 2. The molecule has 3 amide bonds. The molecule has 6 rings (SSSR count). The van der Waals surface area contributed by atoms with Crippen molar-refractivity contribution in [2.45, 2.75) is 38.5 Å². The minimum atomic E-state index is -0.589. The van der Waals surface area contributed by atoms with E-state index in [0.717, 1.165) is 30.0 Å². The van der Waals surface area contributed by atoms with E-state index in [2.05, 4.69) is 30.8 Å². The number of benzene rings is 2. The fraction of sp³-hybridized carbons (Fsp3) is 0.355. The molecule has 230 valence electrons. The Kier molecular flexibility index (Phi) is 9.29. The Hall–Kier alpha value is -4.71. The standard InChI is InChI=1S/C18H20ClN5O.C13H16N4O2/c1-23-15-6-5-13(9-12(15)10-16(23)25)21-17-14(19)11-20-18(22-17)24-7-3-2-4-8-24;1-16-10-6-7(14)2-3-8(10)12(15)9-4-5-11(18)17-13(9)19/h5-6,9,11H,2-4,7-8,10H2,1H3,(H,20,21,22);2-3,6,9,15-16H,4-5,14H2,1H3,(H,17,18,19). The zero-order valence-electron chi connectivity index (χ0n) is 24.7. The van der Waals surface area contributed by atoms with Crippen molar-refractivity contribution >= 4 is 69.5 Å². The Labute approximate surface area is 260 Å². The molecule has 4 heterocycles. The zero-order chi connectivity index (χ0) is 31.4. The van der Waals surface area contributed by atoms with Crippen LogP contribution in [-0.4, -0.2) is 60.6 Å². The molecule has 6 N–H and O–H groups in total. The molecule has 2 fully saturated rings. The third kappa shape index (κ3) is 6.75. The van der Waals surface area contributed by atoms with E-state index < -0.39 is 11.8 Å². The van der Waals surface area contributed by atoms with Gasteiger partial charge in [-0.25, -0.2) is 4.98 Å². The Morgan fingerprint density at radius 3 is 2.61 bits per heavy atom. The van der Waals surface area contributed by atoms with Gasteiger partial charge in [-0.2, -0.15) is 4.98 Å². The summed E-state index contributed by atoms with van der Waals surface area (Å²) in [5, 5.41) is 17.2. The van der Waals surface area contributed by atoms with Crippen molar-refractivity contribution in [3.05, 3.63) is 58.7 Å². The molecule has 2 aromatic carbocycles. The molecule has 3 aliphatic rings. The summed E-state index contributed by atoms with van der Waals surface area (Å²) in [5.74, 6) is 0.144. The van der Waals surface area contributed by atoms with Crippen LogP contribution in [-0.2, 0) is 20.8 Å². The van der Waals surface area contributed by atoms with Crippen molar-refractivity contribution in [2.24, 2.45) is 5.92 Å². The third-order valence-electron chi connectivity index (χ3n) is 7.98. The lowest BCUT2D eigenvalue weighted by molar-refractivity contribution is -0.134. The average Bonchev–Trinajstić information content (AvgIpc) is 3.30. The van der Waals surface area contributed by atoms with E-state index in [9.17, 15) is 14.4 Å². The van der Waals surface area contributed by atoms with E-state index in [0.29, 0.717) is 46.6 Å². The van der Waals surface area contributed by atoms with Gasteiger partial charge in [0.2, 0.25) is 23.7 Å². The van der Waals surface area contributed by atoms with Gasteiger partial charge >= 0.3 is 0 Å². The highest BCUT2D eigenvalue weighted by molar-refractivity contribution is 6.33. The summed E-state index contributed by atoms with van der Waals surface area (Å²) in [6.07, 6.45) is 6.31. The normalized spacial score (nSPS) is 17.8. The Balaban J connectivity index is 0.000000182. The highest BCUT2D eigenvalue weighted by atomic mass is 35.5. The number of anilines is 6. The third-order valence-corrected chi connectivity index (χ3v) is 8.26. The highest BCUT2D eigenvalue weighted by Crippen LogP contribution is 2.32. The zero-order valence-corrected chi connectivity index (χ0v) is 25.5. The summed E-state index contributed by atoms with van der Waals surface area (Å²) in [4.78, 5) is 47.6. The van der Waals surface area contributed by atoms with Gasteiger partial charge in [0.05, 0.1) is 24.2 Å². The lowest BCUT2D eigenvalue weighted by atomic mass is 9.88. The van der Waals surface area contributed by atoms with Crippen LogP contribution < -0.4 is 31.5 Å². The molecule has 12 nitrogen and oxygen atoms in total. The van der Waals surface area contributed by atoms with E-state index in [-0.39, 0.29) is 23.9 Å². The fourth-order valence-corrected chi connectivity index (χ4v) is 5.67. The monoisotopic (exact) mass is 617 g/mol. The maximum absolute atomic E-state index is 11.8. The molecule has 0 aliphatic carbocycles. The molecule has 13 heteroatoms. The quantitative estimate of drug-likeness (QED) is 0.155. The van der Waals surface area contributed by atoms with E-state index in [4.69, 9.17) is 22.7 Å². The lowest BCUT2D eigenvalue weighted by Gasteiger charge is -2.26. The van der Waals surface area contributed by atoms with Crippen LogP contribution in [0.5, 0.6) is 0 Å². The first kappa shape index (κ1) is 30.7. The first-order valence-corrected chi connectivity index (χ1v) is 15.0. The molecular weight excluding hydrogens is 582 g/mol. The van der Waals surface area contributed by atoms with Crippen molar-refractivity contribution in [1.82, 2.24) is 15.3 Å². The number of hydrogen-bond acceptors (Lipinski definition) is 10. The van der Waals surface area contributed by atoms with Gasteiger partial charge in [0.25, 0.3) is 0 Å². The predicted octanol–water partition coefficient (Wildman–Crippen LogP) is 4.11. The number of fused-ring (bicyclic) bond motifs is 1. The van der Waals surface area contributed by atoms with E-state index in [1.54, 1.807) is 43.4 Å². The number of hydrogen-bond donors (Lipinski definition) is 5. The number of rotatable bonds is 6. The number of nitrogens with one attached hydrogen (secondary N) is 4. The molecule has 3 aromatic rings. The van der Waals surface area contributed by atoms with Gasteiger partial charge in [-0.1, -0.05) is 11.6 Å². The van der Waals surface area contributed by atoms with E-state index in [1.165, 1.54) is 19.3 Å². The molecular formula is C31H36ClN9O3. The van der Waals surface area contributed by atoms with Crippen LogP contribution in [0.15, 0.2) is 42.6 Å². The molecule has 1 atom stereocenters. The smallest absolute Gasteiger partial charge is 0.235 e. The van der Waals surface area contributed by atoms with Crippen molar-refractivity contribution in [1.29, 1.82) is 5.41 Å². The number of piperidine rings is 2. The first-order valence-electron chi connectivity index (χ1n) is 14.6. The predicted molar refractivity (Wildman–Crippen MR) is 173 cm³/mol. The number of amides is 3. The van der Waals surface area contributed by atoms with Gasteiger partial charge < -0.3 is 31.6 Å². The topological polar surface area (TPSA) is 169 Å². The molecule has 0 bridgehead atoms. The van der Waals surface area contributed by atoms with Crippen LogP contribution in [0.2, 0.25) is 5.02 Å². The summed E-state index contributed by atoms with van der Waals surface area (Å²) >= 11 is 6.28. The number of nitrogens with two attached hydrogens (primary N) is 1. The van der Waals surface area contributed by atoms with E-state index >= 15 is 0 Å². The molecule has 1 aromatic heterocycles. The largest absolute Gasteiger partial charge is 0.399 e. The van der Waals surface area contributed by atoms with Gasteiger partial charge in [0, 0.05) is 61.9 Å². The van der Waals surface area contributed by atoms with E-state index in [1.807, 2.05) is 18.2 Å². The summed E-state index contributed by atoms with van der Waals surface area (Å²) in [6.45, 7) is 1.96. The van der Waals surface area contributed by atoms with Crippen LogP contribution in [0.3, 0.4) is 0 Å². The van der Waals surface area contributed by atoms with Crippen LogP contribution in [0.1, 0.15) is 43.2 Å². The number of carbonyl (C=O) groups excluding carboxylic acids is 3. The van der Waals surface area contributed by atoms with Gasteiger partial charge in [0.15, 0.2) is 5.82 Å². The van der Waals surface area contributed by atoms with Gasteiger partial charge in [-0.15, -0.1) is 0 Å². The number of nitrogens with zero attached hydrogens (tertiary/aromatic N) is 4. The molecule has 0 saturated carbocycles. The number of nitrogen functional groups attached to an aromatic ring is 1. The van der Waals surface area contributed by atoms with Crippen molar-refractivity contribution in [2.75, 3.05) is 53.4 Å². The molecule has 0 radical (unpaired) electrons. The summed E-state index contributed by atoms with van der Waals surface area (Å²) in [5.41, 5.74) is 10.7. The van der Waals surface area contributed by atoms with Crippen molar-refractivity contribution in [3.63, 3.8) is 0 Å². The van der Waals surface area contributed by atoms with Crippen molar-refractivity contribution < 1.29 is 14.4 Å². The van der Waals surface area contributed by atoms with Crippen LogP contribution in [0, 0.1) is 11.3 Å². The van der Waals surface area contributed by atoms with Crippen LogP contribution >= 0.6 is 11.6 Å². The molecule has 1 unspecified atom stereocenters. The molecule has 2 saturated heterocycles. The SMILES string of the molecule is CN1C(=O)Cc2cc(Nc3nc(N4CCCCC4)ncc3Cl)ccc21.CNc1cc(N)ccc1C(=N)C1CCC(=O)NC1=O.